The average Bonchev–Trinajstić information content (AvgIpc) is 3.11. The summed E-state index contributed by atoms with van der Waals surface area (Å²) in [6, 6.07) is 5.69. The predicted molar refractivity (Wildman–Crippen MR) is 72.8 cm³/mol. The monoisotopic (exact) mass is 287 g/mol. The number of nitrogens with one attached hydrogen (secondary N) is 2. The lowest BCUT2D eigenvalue weighted by atomic mass is 10.1. The number of ether oxygens (including phenoxy) is 2. The summed E-state index contributed by atoms with van der Waals surface area (Å²) in [5, 5.41) is 2.68. The van der Waals surface area contributed by atoms with Crippen molar-refractivity contribution in [2.45, 2.75) is 12.8 Å². The lowest BCUT2D eigenvalue weighted by Gasteiger charge is -2.33. The van der Waals surface area contributed by atoms with Gasteiger partial charge < -0.3 is 24.7 Å². The van der Waals surface area contributed by atoms with E-state index in [0.29, 0.717) is 23.8 Å². The number of carbonyl (C=O) groups is 1. The van der Waals surface area contributed by atoms with Crippen molar-refractivity contribution < 1.29 is 14.3 Å². The van der Waals surface area contributed by atoms with E-state index in [2.05, 4.69) is 15.3 Å². The molecule has 1 unspecified atom stereocenters. The standard InChI is InChI=1S/C13H13N5O3/c14-13-17-12(19)10-11(16-5-15-10)18(13)4-7-1-2-8-9(3-7)21-6-20-8/h1-3,5,13H,4,6,14H2,(H,15,16)(H,17,19). The number of rotatable bonds is 2. The van der Waals surface area contributed by atoms with Gasteiger partial charge in [0.2, 0.25) is 6.79 Å². The summed E-state index contributed by atoms with van der Waals surface area (Å²) in [6.45, 7) is 0.734. The van der Waals surface area contributed by atoms with Crippen molar-refractivity contribution in [1.82, 2.24) is 15.3 Å². The normalized spacial score (nSPS) is 19.4. The van der Waals surface area contributed by atoms with Crippen molar-refractivity contribution in [3.8, 4) is 11.5 Å². The quantitative estimate of drug-likeness (QED) is 0.725. The molecule has 0 radical (unpaired) electrons. The molecule has 0 saturated heterocycles. The minimum atomic E-state index is -0.626. The number of fused-ring (bicyclic) bond motifs is 2. The molecule has 0 aliphatic carbocycles. The molecule has 1 atom stereocenters. The first-order valence-electron chi connectivity index (χ1n) is 6.47. The van der Waals surface area contributed by atoms with Crippen LogP contribution in [0.15, 0.2) is 24.5 Å². The number of imidazole rings is 1. The first-order chi connectivity index (χ1) is 10.2. The maximum Gasteiger partial charge on any atom is 0.274 e. The van der Waals surface area contributed by atoms with Gasteiger partial charge in [0, 0.05) is 6.54 Å². The summed E-state index contributed by atoms with van der Waals surface area (Å²) in [5.41, 5.74) is 7.39. The van der Waals surface area contributed by atoms with Gasteiger partial charge in [-0.05, 0) is 17.7 Å². The van der Waals surface area contributed by atoms with E-state index in [1.807, 2.05) is 23.1 Å². The van der Waals surface area contributed by atoms with Gasteiger partial charge >= 0.3 is 0 Å². The van der Waals surface area contributed by atoms with Crippen molar-refractivity contribution >= 4 is 11.7 Å². The molecule has 108 valence electrons. The molecular weight excluding hydrogens is 274 g/mol. The van der Waals surface area contributed by atoms with Gasteiger partial charge in [0.25, 0.3) is 5.91 Å². The molecular formula is C13H13N5O3. The van der Waals surface area contributed by atoms with Crippen molar-refractivity contribution in [3.63, 3.8) is 0 Å². The predicted octanol–water partition coefficient (Wildman–Crippen LogP) is 0.131. The third-order valence-electron chi connectivity index (χ3n) is 3.52. The van der Waals surface area contributed by atoms with Crippen molar-refractivity contribution in [1.29, 1.82) is 0 Å². The van der Waals surface area contributed by atoms with Crippen LogP contribution in [-0.2, 0) is 6.54 Å². The van der Waals surface area contributed by atoms with Crippen molar-refractivity contribution in [2.75, 3.05) is 11.7 Å². The van der Waals surface area contributed by atoms with Crippen LogP contribution in [0.25, 0.3) is 0 Å². The highest BCUT2D eigenvalue weighted by Gasteiger charge is 2.31. The summed E-state index contributed by atoms with van der Waals surface area (Å²) in [4.78, 5) is 20.6. The van der Waals surface area contributed by atoms with Crippen LogP contribution >= 0.6 is 0 Å². The summed E-state index contributed by atoms with van der Waals surface area (Å²) < 4.78 is 10.7. The van der Waals surface area contributed by atoms with E-state index in [1.165, 1.54) is 6.33 Å². The number of anilines is 1. The minimum absolute atomic E-state index is 0.238. The zero-order chi connectivity index (χ0) is 14.4. The van der Waals surface area contributed by atoms with Gasteiger partial charge in [0.1, 0.15) is 5.69 Å². The Kier molecular flexibility index (Phi) is 2.51. The Bertz CT molecular complexity index is 714. The lowest BCUT2D eigenvalue weighted by molar-refractivity contribution is 0.0922. The first-order valence-corrected chi connectivity index (χ1v) is 6.47. The molecule has 0 spiro atoms. The van der Waals surface area contributed by atoms with E-state index in [0.717, 1.165) is 11.3 Å². The second-order valence-corrected chi connectivity index (χ2v) is 4.83. The fourth-order valence-electron chi connectivity index (χ4n) is 2.50. The van der Waals surface area contributed by atoms with Gasteiger partial charge in [-0.3, -0.25) is 10.5 Å². The molecule has 2 aliphatic heterocycles. The molecule has 8 nitrogen and oxygen atoms in total. The Morgan fingerprint density at radius 2 is 2.24 bits per heavy atom. The molecule has 21 heavy (non-hydrogen) atoms. The number of nitrogens with zero attached hydrogens (tertiary/aromatic N) is 2. The van der Waals surface area contributed by atoms with Crippen molar-refractivity contribution in [3.05, 3.63) is 35.8 Å². The number of benzene rings is 1. The lowest BCUT2D eigenvalue weighted by Crippen LogP contribution is -2.57. The van der Waals surface area contributed by atoms with Crippen LogP contribution in [0.2, 0.25) is 0 Å². The molecule has 2 aliphatic rings. The maximum absolute atomic E-state index is 11.8. The molecule has 4 N–H and O–H groups in total. The second-order valence-electron chi connectivity index (χ2n) is 4.83. The highest BCUT2D eigenvalue weighted by Crippen LogP contribution is 2.33. The van der Waals surface area contributed by atoms with Crippen LogP contribution in [0, 0.1) is 0 Å². The fraction of sp³-hybridized carbons (Fsp3) is 0.231. The Hall–Kier alpha value is -2.74. The highest BCUT2D eigenvalue weighted by atomic mass is 16.7. The van der Waals surface area contributed by atoms with E-state index in [9.17, 15) is 4.79 Å². The van der Waals surface area contributed by atoms with E-state index < -0.39 is 6.29 Å². The molecule has 2 aromatic rings. The molecule has 1 aromatic carbocycles. The van der Waals surface area contributed by atoms with Gasteiger partial charge in [-0.2, -0.15) is 0 Å². The first kappa shape index (κ1) is 12.0. The van der Waals surface area contributed by atoms with Gasteiger partial charge in [-0.25, -0.2) is 4.98 Å². The molecule has 1 amide bonds. The average molecular weight is 287 g/mol. The smallest absolute Gasteiger partial charge is 0.274 e. The number of hydrogen-bond acceptors (Lipinski definition) is 6. The van der Waals surface area contributed by atoms with Crippen LogP contribution < -0.4 is 25.4 Å². The van der Waals surface area contributed by atoms with Crippen molar-refractivity contribution in [2.24, 2.45) is 5.73 Å². The minimum Gasteiger partial charge on any atom is -0.454 e. The van der Waals surface area contributed by atoms with E-state index in [4.69, 9.17) is 15.2 Å². The molecule has 0 fully saturated rings. The molecule has 1 aromatic heterocycles. The van der Waals surface area contributed by atoms with Crippen LogP contribution in [0.3, 0.4) is 0 Å². The third-order valence-corrected chi connectivity index (χ3v) is 3.52. The van der Waals surface area contributed by atoms with Gasteiger partial charge in [0.05, 0.1) is 6.33 Å². The van der Waals surface area contributed by atoms with Crippen LogP contribution in [-0.4, -0.2) is 29.0 Å². The van der Waals surface area contributed by atoms with Gasteiger partial charge in [-0.15, -0.1) is 0 Å². The number of aromatic nitrogens is 2. The topological polar surface area (TPSA) is 106 Å². The highest BCUT2D eigenvalue weighted by molar-refractivity contribution is 5.99. The third kappa shape index (κ3) is 1.88. The molecule has 0 saturated carbocycles. The number of carbonyl (C=O) groups excluding carboxylic acids is 1. The van der Waals surface area contributed by atoms with Crippen LogP contribution in [0.5, 0.6) is 11.5 Å². The summed E-state index contributed by atoms with van der Waals surface area (Å²) >= 11 is 0. The number of amides is 1. The van der Waals surface area contributed by atoms with Gasteiger partial charge in [-0.1, -0.05) is 6.07 Å². The zero-order valence-corrected chi connectivity index (χ0v) is 11.0. The Labute approximate surface area is 119 Å². The zero-order valence-electron chi connectivity index (χ0n) is 11.0. The van der Waals surface area contributed by atoms with E-state index >= 15 is 0 Å². The van der Waals surface area contributed by atoms with E-state index in [1.54, 1.807) is 0 Å². The molecule has 8 heteroatoms. The number of hydrogen-bond donors (Lipinski definition) is 3. The number of H-pyrrole nitrogens is 1. The number of nitrogens with two attached hydrogens (primary N) is 1. The van der Waals surface area contributed by atoms with Crippen LogP contribution in [0.4, 0.5) is 5.82 Å². The number of aromatic amines is 1. The van der Waals surface area contributed by atoms with Gasteiger partial charge in [0.15, 0.2) is 23.6 Å². The summed E-state index contributed by atoms with van der Waals surface area (Å²) in [5.74, 6) is 1.74. The SMILES string of the molecule is NC1NC(=O)c2[nH]cnc2N1Cc1ccc2c(c1)OCO2. The molecule has 3 heterocycles. The summed E-state index contributed by atoms with van der Waals surface area (Å²) in [7, 11) is 0. The Morgan fingerprint density at radius 3 is 3.14 bits per heavy atom. The molecule has 0 bridgehead atoms. The largest absolute Gasteiger partial charge is 0.454 e. The fourth-order valence-corrected chi connectivity index (χ4v) is 2.50. The molecule has 4 rings (SSSR count). The Morgan fingerprint density at radius 1 is 1.38 bits per heavy atom. The van der Waals surface area contributed by atoms with Crippen LogP contribution in [0.1, 0.15) is 16.1 Å². The van der Waals surface area contributed by atoms with E-state index in [-0.39, 0.29) is 12.7 Å². The maximum atomic E-state index is 11.8. The Balaban J connectivity index is 1.65. The second kappa shape index (κ2) is 4.38. The summed E-state index contributed by atoms with van der Waals surface area (Å²) in [6.07, 6.45) is 0.855.